The first-order valence-electron chi connectivity index (χ1n) is 7.79. The summed E-state index contributed by atoms with van der Waals surface area (Å²) in [7, 11) is 0. The Hall–Kier alpha value is -1.33. The highest BCUT2D eigenvalue weighted by atomic mass is 35.5. The van der Waals surface area contributed by atoms with Crippen LogP contribution in [0.5, 0.6) is 0 Å². The van der Waals surface area contributed by atoms with Crippen molar-refractivity contribution < 1.29 is 9.90 Å². The van der Waals surface area contributed by atoms with Crippen molar-refractivity contribution >= 4 is 23.3 Å². The highest BCUT2D eigenvalue weighted by molar-refractivity contribution is 6.30. The van der Waals surface area contributed by atoms with Crippen molar-refractivity contribution in [3.05, 3.63) is 23.4 Å². The number of hydrogen-bond donors (Lipinski definition) is 2. The Balaban J connectivity index is 1.84. The quantitative estimate of drug-likeness (QED) is 0.870. The topological polar surface area (TPSA) is 65.5 Å². The van der Waals surface area contributed by atoms with E-state index >= 15 is 0 Å². The van der Waals surface area contributed by atoms with Crippen molar-refractivity contribution in [2.45, 2.75) is 32.7 Å². The van der Waals surface area contributed by atoms with Gasteiger partial charge in [-0.25, -0.2) is 4.98 Å². The zero-order chi connectivity index (χ0) is 16.1. The Labute approximate surface area is 136 Å². The predicted octanol–water partition coefficient (Wildman–Crippen LogP) is 2.08. The van der Waals surface area contributed by atoms with Crippen molar-refractivity contribution in [2.24, 2.45) is 11.8 Å². The van der Waals surface area contributed by atoms with Crippen molar-refractivity contribution in [2.75, 3.05) is 24.6 Å². The molecule has 22 heavy (non-hydrogen) atoms. The van der Waals surface area contributed by atoms with Gasteiger partial charge in [-0.05, 0) is 37.8 Å². The Kier molecular flexibility index (Phi) is 6.03. The van der Waals surface area contributed by atoms with Crippen LogP contribution in [-0.2, 0) is 4.79 Å². The number of aliphatic hydroxyl groups is 1. The minimum Gasteiger partial charge on any atom is -0.396 e. The van der Waals surface area contributed by atoms with Gasteiger partial charge < -0.3 is 15.3 Å². The second-order valence-corrected chi connectivity index (χ2v) is 6.49. The first-order chi connectivity index (χ1) is 10.5. The monoisotopic (exact) mass is 325 g/mol. The number of pyridine rings is 1. The number of aromatic nitrogens is 1. The van der Waals surface area contributed by atoms with Crippen molar-refractivity contribution in [3.63, 3.8) is 0 Å². The molecule has 1 aromatic rings. The van der Waals surface area contributed by atoms with Gasteiger partial charge in [0.2, 0.25) is 5.91 Å². The van der Waals surface area contributed by atoms with E-state index in [-0.39, 0.29) is 30.4 Å². The van der Waals surface area contributed by atoms with E-state index in [1.54, 1.807) is 6.20 Å². The fourth-order valence-corrected chi connectivity index (χ4v) is 2.68. The van der Waals surface area contributed by atoms with Crippen LogP contribution in [0.15, 0.2) is 18.3 Å². The number of carbonyl (C=O) groups is 1. The van der Waals surface area contributed by atoms with Crippen LogP contribution in [-0.4, -0.2) is 41.7 Å². The lowest BCUT2D eigenvalue weighted by Gasteiger charge is -2.33. The molecule has 1 saturated heterocycles. The van der Waals surface area contributed by atoms with Crippen molar-refractivity contribution in [1.29, 1.82) is 0 Å². The predicted molar refractivity (Wildman–Crippen MR) is 88.0 cm³/mol. The summed E-state index contributed by atoms with van der Waals surface area (Å²) in [6, 6.07) is 3.74. The SMILES string of the molecule is CC(CO)C(C)NC(=O)C1CCN(c2ccc(Cl)cn2)CC1. The number of nitrogens with one attached hydrogen (secondary N) is 1. The Morgan fingerprint density at radius 3 is 2.68 bits per heavy atom. The van der Waals surface area contributed by atoms with Gasteiger partial charge in [-0.1, -0.05) is 18.5 Å². The lowest BCUT2D eigenvalue weighted by molar-refractivity contribution is -0.126. The number of hydrogen-bond acceptors (Lipinski definition) is 4. The summed E-state index contributed by atoms with van der Waals surface area (Å²) in [5.41, 5.74) is 0. The second-order valence-electron chi connectivity index (χ2n) is 6.05. The molecule has 0 spiro atoms. The maximum absolute atomic E-state index is 12.3. The van der Waals surface area contributed by atoms with Gasteiger partial charge in [-0.2, -0.15) is 0 Å². The highest BCUT2D eigenvalue weighted by Gasteiger charge is 2.27. The summed E-state index contributed by atoms with van der Waals surface area (Å²) in [5.74, 6) is 1.11. The first kappa shape index (κ1) is 17.0. The van der Waals surface area contributed by atoms with Gasteiger partial charge in [0, 0.05) is 37.9 Å². The molecule has 1 amide bonds. The Morgan fingerprint density at radius 2 is 2.14 bits per heavy atom. The van der Waals surface area contributed by atoms with Crippen LogP contribution in [0.1, 0.15) is 26.7 Å². The van der Waals surface area contributed by atoms with Gasteiger partial charge in [0.05, 0.1) is 5.02 Å². The molecule has 1 aromatic heterocycles. The normalized spacial score (nSPS) is 18.8. The molecular weight excluding hydrogens is 302 g/mol. The van der Waals surface area contributed by atoms with Gasteiger partial charge in [-0.3, -0.25) is 4.79 Å². The fourth-order valence-electron chi connectivity index (χ4n) is 2.57. The molecule has 0 aliphatic carbocycles. The number of amides is 1. The molecule has 6 heteroatoms. The molecule has 2 atom stereocenters. The molecule has 2 heterocycles. The minimum absolute atomic E-state index is 0.00605. The second kappa shape index (κ2) is 7.79. The van der Waals surface area contributed by atoms with E-state index in [0.29, 0.717) is 5.02 Å². The molecule has 1 fully saturated rings. The van der Waals surface area contributed by atoms with Crippen LogP contribution in [0.4, 0.5) is 5.82 Å². The number of halogens is 1. The molecule has 1 aliphatic heterocycles. The highest BCUT2D eigenvalue weighted by Crippen LogP contribution is 2.23. The third-order valence-electron chi connectivity index (χ3n) is 4.41. The molecule has 1 aliphatic rings. The van der Waals surface area contributed by atoms with Crippen molar-refractivity contribution in [3.8, 4) is 0 Å². The van der Waals surface area contributed by atoms with Gasteiger partial charge in [0.15, 0.2) is 0 Å². The summed E-state index contributed by atoms with van der Waals surface area (Å²) in [4.78, 5) is 18.8. The van der Waals surface area contributed by atoms with Gasteiger partial charge in [-0.15, -0.1) is 0 Å². The summed E-state index contributed by atoms with van der Waals surface area (Å²) in [5, 5.41) is 12.8. The number of carbonyl (C=O) groups excluding carboxylic acids is 1. The first-order valence-corrected chi connectivity index (χ1v) is 8.16. The largest absolute Gasteiger partial charge is 0.396 e. The summed E-state index contributed by atoms with van der Waals surface area (Å²) >= 11 is 5.85. The summed E-state index contributed by atoms with van der Waals surface area (Å²) in [6.07, 6.45) is 3.28. The van der Waals surface area contributed by atoms with E-state index in [1.807, 2.05) is 26.0 Å². The molecule has 2 N–H and O–H groups in total. The third kappa shape index (κ3) is 4.34. The maximum Gasteiger partial charge on any atom is 0.223 e. The lowest BCUT2D eigenvalue weighted by atomic mass is 9.94. The molecule has 0 radical (unpaired) electrons. The molecule has 5 nitrogen and oxygen atoms in total. The summed E-state index contributed by atoms with van der Waals surface area (Å²) < 4.78 is 0. The smallest absolute Gasteiger partial charge is 0.223 e. The van der Waals surface area contributed by atoms with E-state index in [0.717, 1.165) is 31.7 Å². The maximum atomic E-state index is 12.3. The van der Waals surface area contributed by atoms with Gasteiger partial charge in [0.25, 0.3) is 0 Å². The van der Waals surface area contributed by atoms with Crippen LogP contribution < -0.4 is 10.2 Å². The standard InChI is InChI=1S/C16H24ClN3O2/c1-11(10-21)12(2)19-16(22)13-5-7-20(8-6-13)15-4-3-14(17)9-18-15/h3-4,9,11-13,21H,5-8,10H2,1-2H3,(H,19,22). The Morgan fingerprint density at radius 1 is 1.45 bits per heavy atom. The van der Waals surface area contributed by atoms with Crippen molar-refractivity contribution in [1.82, 2.24) is 10.3 Å². The van der Waals surface area contributed by atoms with Gasteiger partial charge in [0.1, 0.15) is 5.82 Å². The molecule has 2 rings (SSSR count). The fraction of sp³-hybridized carbons (Fsp3) is 0.625. The number of aliphatic hydroxyl groups excluding tert-OH is 1. The lowest BCUT2D eigenvalue weighted by Crippen LogP contribution is -2.45. The van der Waals surface area contributed by atoms with Crippen LogP contribution >= 0.6 is 11.6 Å². The minimum atomic E-state index is -0.00605. The number of nitrogens with zero attached hydrogens (tertiary/aromatic N) is 2. The number of anilines is 1. The molecule has 0 bridgehead atoms. The van der Waals surface area contributed by atoms with E-state index in [4.69, 9.17) is 16.7 Å². The van der Waals surface area contributed by atoms with Crippen LogP contribution in [0.2, 0.25) is 5.02 Å². The van der Waals surface area contributed by atoms with Crippen LogP contribution in [0, 0.1) is 11.8 Å². The molecule has 2 unspecified atom stereocenters. The third-order valence-corrected chi connectivity index (χ3v) is 4.64. The average Bonchev–Trinajstić information content (AvgIpc) is 2.54. The summed E-state index contributed by atoms with van der Waals surface area (Å²) in [6.45, 7) is 5.58. The number of piperidine rings is 1. The number of rotatable bonds is 5. The molecule has 0 aromatic carbocycles. The van der Waals surface area contributed by atoms with Crippen LogP contribution in [0.25, 0.3) is 0 Å². The zero-order valence-electron chi connectivity index (χ0n) is 13.1. The average molecular weight is 326 g/mol. The van der Waals surface area contributed by atoms with Crippen LogP contribution in [0.3, 0.4) is 0 Å². The van der Waals surface area contributed by atoms with E-state index in [2.05, 4.69) is 15.2 Å². The zero-order valence-corrected chi connectivity index (χ0v) is 13.9. The molecule has 122 valence electrons. The molecular formula is C16H24ClN3O2. The Bertz CT molecular complexity index is 487. The van der Waals surface area contributed by atoms with E-state index < -0.39 is 0 Å². The molecule has 0 saturated carbocycles. The van der Waals surface area contributed by atoms with E-state index in [1.165, 1.54) is 0 Å². The van der Waals surface area contributed by atoms with Gasteiger partial charge >= 0.3 is 0 Å². The van der Waals surface area contributed by atoms with E-state index in [9.17, 15) is 4.79 Å².